The Hall–Kier alpha value is -2.81. The summed E-state index contributed by atoms with van der Waals surface area (Å²) in [6.45, 7) is 2.11. The minimum Gasteiger partial charge on any atom is -0.429 e. The van der Waals surface area contributed by atoms with Crippen LogP contribution in [0.3, 0.4) is 0 Å². The van der Waals surface area contributed by atoms with Gasteiger partial charge >= 0.3 is 6.11 Å². The summed E-state index contributed by atoms with van der Waals surface area (Å²) in [5, 5.41) is 8.66. The van der Waals surface area contributed by atoms with Gasteiger partial charge in [0, 0.05) is 12.1 Å². The van der Waals surface area contributed by atoms with E-state index in [1.807, 2.05) is 0 Å². The first kappa shape index (κ1) is 21.9. The lowest BCUT2D eigenvalue weighted by Crippen LogP contribution is -2.22. The maximum Gasteiger partial charge on any atom is 0.426 e. The molecule has 1 saturated carbocycles. The van der Waals surface area contributed by atoms with E-state index in [0.29, 0.717) is 24.0 Å². The molecule has 1 aliphatic carbocycles. The van der Waals surface area contributed by atoms with Crippen molar-refractivity contribution in [3.8, 4) is 11.8 Å². The van der Waals surface area contributed by atoms with Crippen molar-refractivity contribution in [3.63, 3.8) is 0 Å². The van der Waals surface area contributed by atoms with Crippen LogP contribution in [0, 0.1) is 28.9 Å². The molecule has 0 unspecified atom stereocenters. The molecule has 0 amide bonds. The van der Waals surface area contributed by atoms with Crippen LogP contribution in [-0.2, 0) is 6.11 Å². The van der Waals surface area contributed by atoms with Crippen molar-refractivity contribution in [1.29, 1.82) is 5.26 Å². The van der Waals surface area contributed by atoms with E-state index in [9.17, 15) is 17.6 Å². The first-order valence-corrected chi connectivity index (χ1v) is 10.1. The van der Waals surface area contributed by atoms with Gasteiger partial charge in [-0.3, -0.25) is 0 Å². The van der Waals surface area contributed by atoms with Gasteiger partial charge in [0.1, 0.15) is 29.0 Å². The van der Waals surface area contributed by atoms with Gasteiger partial charge in [0.05, 0.1) is 5.56 Å². The van der Waals surface area contributed by atoms with E-state index in [1.54, 1.807) is 12.1 Å². The zero-order valence-electron chi connectivity index (χ0n) is 16.7. The molecule has 0 aromatic heterocycles. The zero-order chi connectivity index (χ0) is 21.7. The van der Waals surface area contributed by atoms with Crippen molar-refractivity contribution in [3.05, 3.63) is 76.9 Å². The fraction of sp³-hybridized carbons (Fsp3) is 0.375. The van der Waals surface area contributed by atoms with Gasteiger partial charge in [-0.1, -0.05) is 31.2 Å². The van der Waals surface area contributed by atoms with Crippen LogP contribution in [0.25, 0.3) is 0 Å². The lowest BCUT2D eigenvalue weighted by atomic mass is 9.78. The molecule has 0 saturated heterocycles. The van der Waals surface area contributed by atoms with E-state index >= 15 is 0 Å². The second-order valence-electron chi connectivity index (χ2n) is 7.56. The number of benzene rings is 2. The van der Waals surface area contributed by atoms with Crippen LogP contribution in [0.1, 0.15) is 61.6 Å². The van der Waals surface area contributed by atoms with E-state index in [2.05, 4.69) is 23.8 Å². The Morgan fingerprint density at radius 3 is 2.20 bits per heavy atom. The molecule has 0 heterocycles. The molecule has 1 fully saturated rings. The Morgan fingerprint density at radius 1 is 1.07 bits per heavy atom. The number of hydrogen-bond donors (Lipinski definition) is 0. The Kier molecular flexibility index (Phi) is 6.81. The van der Waals surface area contributed by atoms with Gasteiger partial charge in [-0.25, -0.2) is 8.78 Å². The van der Waals surface area contributed by atoms with E-state index in [4.69, 9.17) is 5.26 Å². The third-order valence-electron chi connectivity index (χ3n) is 5.51. The molecule has 2 aromatic carbocycles. The molecule has 3 rings (SSSR count). The second kappa shape index (κ2) is 9.34. The van der Waals surface area contributed by atoms with Gasteiger partial charge in [0.2, 0.25) is 0 Å². The van der Waals surface area contributed by atoms with Crippen LogP contribution in [0.4, 0.5) is 17.6 Å². The van der Waals surface area contributed by atoms with Crippen LogP contribution >= 0.6 is 0 Å². The first-order valence-electron chi connectivity index (χ1n) is 10.1. The summed E-state index contributed by atoms with van der Waals surface area (Å²) in [7, 11) is 0. The molecule has 158 valence electrons. The van der Waals surface area contributed by atoms with Gasteiger partial charge in [0.15, 0.2) is 0 Å². The fourth-order valence-corrected chi connectivity index (χ4v) is 3.85. The highest BCUT2D eigenvalue weighted by molar-refractivity contribution is 5.38. The third kappa shape index (κ3) is 5.02. The smallest absolute Gasteiger partial charge is 0.426 e. The Bertz CT molecular complexity index is 916. The number of rotatable bonds is 6. The molecule has 0 spiro atoms. The lowest BCUT2D eigenvalue weighted by molar-refractivity contribution is -0.185. The standard InChI is InChI=1S/C24H23F4NO/c1-2-3-4-16-5-7-17(8-6-16)18-9-11-19(12-10-18)24(27,28)30-20-13-22(25)21(15-29)23(26)14-20/h3-4,9-14,16-17H,2,5-8H2,1H3/b4-3-. The van der Waals surface area contributed by atoms with E-state index in [0.717, 1.165) is 37.7 Å². The number of nitrogens with zero attached hydrogens (tertiary/aromatic N) is 1. The number of alkyl halides is 2. The molecule has 0 radical (unpaired) electrons. The minimum atomic E-state index is -3.77. The second-order valence-corrected chi connectivity index (χ2v) is 7.56. The lowest BCUT2D eigenvalue weighted by Gasteiger charge is -2.27. The highest BCUT2D eigenvalue weighted by atomic mass is 19.3. The van der Waals surface area contributed by atoms with Gasteiger partial charge in [-0.15, -0.1) is 0 Å². The predicted octanol–water partition coefficient (Wildman–Crippen LogP) is 7.20. The number of ether oxygens (including phenoxy) is 1. The van der Waals surface area contributed by atoms with Crippen molar-refractivity contribution >= 4 is 0 Å². The summed E-state index contributed by atoms with van der Waals surface area (Å²) >= 11 is 0. The fourth-order valence-electron chi connectivity index (χ4n) is 3.85. The van der Waals surface area contributed by atoms with Crippen molar-refractivity contribution < 1.29 is 22.3 Å². The van der Waals surface area contributed by atoms with Crippen molar-refractivity contribution in [2.45, 2.75) is 51.1 Å². The molecule has 0 bridgehead atoms. The topological polar surface area (TPSA) is 33.0 Å². The van der Waals surface area contributed by atoms with Gasteiger partial charge in [-0.05, 0) is 61.6 Å². The van der Waals surface area contributed by atoms with E-state index in [-0.39, 0.29) is 0 Å². The molecule has 0 atom stereocenters. The number of nitriles is 1. The molecule has 0 aliphatic heterocycles. The molecule has 6 heteroatoms. The van der Waals surface area contributed by atoms with Crippen molar-refractivity contribution in [1.82, 2.24) is 0 Å². The molecule has 30 heavy (non-hydrogen) atoms. The normalized spacial score (nSPS) is 19.6. The Morgan fingerprint density at radius 2 is 1.67 bits per heavy atom. The highest BCUT2D eigenvalue weighted by Crippen LogP contribution is 2.38. The molecular weight excluding hydrogens is 394 g/mol. The maximum atomic E-state index is 14.5. The summed E-state index contributed by atoms with van der Waals surface area (Å²) in [5.41, 5.74) is -0.242. The van der Waals surface area contributed by atoms with Crippen LogP contribution in [0.15, 0.2) is 48.6 Å². The average molecular weight is 417 g/mol. The highest BCUT2D eigenvalue weighted by Gasteiger charge is 2.35. The summed E-state index contributed by atoms with van der Waals surface area (Å²) in [6.07, 6.45) is 5.90. The van der Waals surface area contributed by atoms with E-state index < -0.39 is 34.6 Å². The number of halogens is 4. The van der Waals surface area contributed by atoms with Crippen LogP contribution < -0.4 is 4.74 Å². The first-order chi connectivity index (χ1) is 14.3. The van der Waals surface area contributed by atoms with Crippen molar-refractivity contribution in [2.75, 3.05) is 0 Å². The summed E-state index contributed by atoms with van der Waals surface area (Å²) in [6, 6.07) is 8.40. The van der Waals surface area contributed by atoms with E-state index in [1.165, 1.54) is 18.2 Å². The maximum absolute atomic E-state index is 14.5. The largest absolute Gasteiger partial charge is 0.429 e. The summed E-state index contributed by atoms with van der Waals surface area (Å²) < 4.78 is 60.8. The molecule has 1 aliphatic rings. The van der Waals surface area contributed by atoms with Gasteiger partial charge in [-0.2, -0.15) is 14.0 Å². The zero-order valence-corrected chi connectivity index (χ0v) is 16.7. The average Bonchev–Trinajstić information content (AvgIpc) is 2.72. The summed E-state index contributed by atoms with van der Waals surface area (Å²) in [5.74, 6) is -2.25. The quantitative estimate of drug-likeness (QED) is 0.368. The molecular formula is C24H23F4NO. The SMILES string of the molecule is CC/C=C\C1CCC(c2ccc(C(F)(F)Oc3cc(F)c(C#N)c(F)c3)cc2)CC1. The van der Waals surface area contributed by atoms with Crippen molar-refractivity contribution in [2.24, 2.45) is 5.92 Å². The number of allylic oxidation sites excluding steroid dienone is 2. The molecule has 0 N–H and O–H groups in total. The number of hydrogen-bond acceptors (Lipinski definition) is 2. The summed E-state index contributed by atoms with van der Waals surface area (Å²) in [4.78, 5) is 0. The van der Waals surface area contributed by atoms with Crippen LogP contribution in [-0.4, -0.2) is 0 Å². The van der Waals surface area contributed by atoms with Gasteiger partial charge in [0.25, 0.3) is 0 Å². The third-order valence-corrected chi connectivity index (χ3v) is 5.51. The Labute approximate surface area is 173 Å². The monoisotopic (exact) mass is 417 g/mol. The van der Waals surface area contributed by atoms with Crippen LogP contribution in [0.5, 0.6) is 5.75 Å². The van der Waals surface area contributed by atoms with Gasteiger partial charge < -0.3 is 4.74 Å². The van der Waals surface area contributed by atoms with Crippen LogP contribution in [0.2, 0.25) is 0 Å². The predicted molar refractivity (Wildman–Crippen MR) is 106 cm³/mol. The Balaban J connectivity index is 1.68. The molecule has 2 nitrogen and oxygen atoms in total. The minimum absolute atomic E-state index is 0.335. The molecule has 2 aromatic rings.